The number of alkyl carbamates (subject to hydrolysis) is 1. The van der Waals surface area contributed by atoms with E-state index in [9.17, 15) is 13.5 Å². The van der Waals surface area contributed by atoms with Crippen LogP contribution in [0.4, 0.5) is 8.68 Å². The molecule has 0 aromatic heterocycles. The standard InChI is InChI=1S/C25H40FN3O6S2/c1-15(2)5-10-19-24(3,35-19)22-21(32-4)18(11-12-25(22)14-33-25)34-23(31)29-17-8-6-16(7-9-17)28-20(30)13-27-37-36-26/h5,16-19,21-22,27H,6-14H2,1-4H3,(H,28,30)(H,29,31)/t16-,17-,18?,19?,21?,22?,24-,25+/m1/s1. The van der Waals surface area contributed by atoms with E-state index in [2.05, 4.69) is 42.2 Å². The number of epoxide rings is 2. The molecule has 210 valence electrons. The molecular formula is C25H40FN3O6S2. The van der Waals surface area contributed by atoms with Crippen molar-refractivity contribution >= 4 is 34.2 Å². The van der Waals surface area contributed by atoms with Gasteiger partial charge in [-0.15, -0.1) is 0 Å². The van der Waals surface area contributed by atoms with Crippen LogP contribution in [0.3, 0.4) is 0 Å². The van der Waals surface area contributed by atoms with Crippen LogP contribution in [-0.2, 0) is 23.7 Å². The third kappa shape index (κ3) is 7.13. The number of carbonyl (C=O) groups is 2. The van der Waals surface area contributed by atoms with Gasteiger partial charge in [-0.05, 0) is 65.7 Å². The molecule has 0 aromatic carbocycles. The first kappa shape index (κ1) is 28.9. The first-order valence-electron chi connectivity index (χ1n) is 13.1. The van der Waals surface area contributed by atoms with Crippen molar-refractivity contribution in [3.8, 4) is 0 Å². The number of hydrogen-bond donors (Lipinski definition) is 3. The molecular weight excluding hydrogens is 521 g/mol. The number of ether oxygens (including phenoxy) is 4. The van der Waals surface area contributed by atoms with Crippen molar-refractivity contribution in [1.82, 2.24) is 15.4 Å². The zero-order valence-electron chi connectivity index (χ0n) is 22.0. The Morgan fingerprint density at radius 2 is 1.81 bits per heavy atom. The van der Waals surface area contributed by atoms with Gasteiger partial charge in [-0.25, -0.2) is 9.52 Å². The Kier molecular flexibility index (Phi) is 9.72. The van der Waals surface area contributed by atoms with E-state index >= 15 is 0 Å². The number of carbonyl (C=O) groups excluding carboxylic acids is 2. The van der Waals surface area contributed by atoms with Crippen molar-refractivity contribution in [2.24, 2.45) is 5.92 Å². The van der Waals surface area contributed by atoms with E-state index in [1.165, 1.54) is 5.57 Å². The van der Waals surface area contributed by atoms with Crippen LogP contribution < -0.4 is 15.4 Å². The predicted octanol–water partition coefficient (Wildman–Crippen LogP) is 3.99. The SMILES string of the molecule is COC1C(OC(=O)N[C@H]2CC[C@H](NC(=O)CNSSF)CC2)CC[C@]2(CO2)C1[C@]1(C)OC1CC=C(C)C. The molecule has 6 atom stereocenters. The average Bonchev–Trinajstić information content (AvgIpc) is 3.77. The van der Waals surface area contributed by atoms with Crippen LogP contribution in [0.15, 0.2) is 11.6 Å². The van der Waals surface area contributed by atoms with Crippen molar-refractivity contribution in [2.75, 3.05) is 20.3 Å². The molecule has 4 rings (SSSR count). The molecule has 0 aromatic rings. The van der Waals surface area contributed by atoms with E-state index in [4.69, 9.17) is 18.9 Å². The molecule has 2 aliphatic carbocycles. The minimum absolute atomic E-state index is 0.00602. The topological polar surface area (TPSA) is 114 Å². The Morgan fingerprint density at radius 3 is 2.41 bits per heavy atom. The number of hydrogen-bond acceptors (Lipinski definition) is 9. The van der Waals surface area contributed by atoms with Crippen LogP contribution in [0.5, 0.6) is 0 Å². The quantitative estimate of drug-likeness (QED) is 0.113. The van der Waals surface area contributed by atoms with Gasteiger partial charge in [0.25, 0.3) is 0 Å². The summed E-state index contributed by atoms with van der Waals surface area (Å²) in [5.74, 6) is -0.175. The van der Waals surface area contributed by atoms with E-state index in [1.807, 2.05) is 0 Å². The maximum atomic E-state index is 12.9. The van der Waals surface area contributed by atoms with Gasteiger partial charge in [-0.2, -0.15) is 3.89 Å². The maximum Gasteiger partial charge on any atom is 0.407 e. The highest BCUT2D eigenvalue weighted by Gasteiger charge is 2.72. The smallest absolute Gasteiger partial charge is 0.407 e. The van der Waals surface area contributed by atoms with Crippen LogP contribution in [-0.4, -0.2) is 73.9 Å². The molecule has 37 heavy (non-hydrogen) atoms. The van der Waals surface area contributed by atoms with Crippen molar-refractivity contribution in [2.45, 2.75) is 107 Å². The van der Waals surface area contributed by atoms with Crippen molar-refractivity contribution in [3.63, 3.8) is 0 Å². The molecule has 4 unspecified atom stereocenters. The lowest BCUT2D eigenvalue weighted by Crippen LogP contribution is -2.56. The molecule has 2 aliphatic heterocycles. The number of rotatable bonds is 11. The summed E-state index contributed by atoms with van der Waals surface area (Å²) in [6.07, 6.45) is 6.55. The van der Waals surface area contributed by atoms with Crippen LogP contribution in [0, 0.1) is 5.92 Å². The summed E-state index contributed by atoms with van der Waals surface area (Å²) >= 11 is 0.0705. The fourth-order valence-corrected chi connectivity index (χ4v) is 6.73. The summed E-state index contributed by atoms with van der Waals surface area (Å²) in [5.41, 5.74) is 0.636. The summed E-state index contributed by atoms with van der Waals surface area (Å²) in [5, 5.41) is 5.97. The van der Waals surface area contributed by atoms with Gasteiger partial charge in [0.1, 0.15) is 34.6 Å². The van der Waals surface area contributed by atoms with Crippen molar-refractivity contribution in [1.29, 1.82) is 0 Å². The maximum absolute atomic E-state index is 12.9. The summed E-state index contributed by atoms with van der Waals surface area (Å²) in [4.78, 5) is 24.8. The minimum Gasteiger partial charge on any atom is -0.443 e. The Labute approximate surface area is 226 Å². The average molecular weight is 562 g/mol. The van der Waals surface area contributed by atoms with Crippen LogP contribution in [0.2, 0.25) is 0 Å². The monoisotopic (exact) mass is 561 g/mol. The lowest BCUT2D eigenvalue weighted by atomic mass is 9.68. The molecule has 3 N–H and O–H groups in total. The molecule has 12 heteroatoms. The van der Waals surface area contributed by atoms with Crippen LogP contribution >= 0.6 is 22.2 Å². The Morgan fingerprint density at radius 1 is 1.14 bits per heavy atom. The number of allylic oxidation sites excluding steroid dienone is 1. The Hall–Kier alpha value is -1.05. The lowest BCUT2D eigenvalue weighted by molar-refractivity contribution is -0.120. The fourth-order valence-electron chi connectivity index (χ4n) is 6.19. The van der Waals surface area contributed by atoms with Gasteiger partial charge in [-0.3, -0.25) is 4.79 Å². The first-order chi connectivity index (χ1) is 17.7. The highest BCUT2D eigenvalue weighted by Crippen LogP contribution is 2.59. The largest absolute Gasteiger partial charge is 0.443 e. The third-order valence-corrected chi connectivity index (χ3v) is 9.10. The van der Waals surface area contributed by atoms with Gasteiger partial charge < -0.3 is 29.6 Å². The molecule has 4 aliphatic rings. The Balaban J connectivity index is 1.26. The molecule has 0 radical (unpaired) electrons. The summed E-state index contributed by atoms with van der Waals surface area (Å²) in [7, 11) is 2.46. The molecule has 9 nitrogen and oxygen atoms in total. The normalized spacial score (nSPS) is 38.5. The second kappa shape index (κ2) is 12.4. The van der Waals surface area contributed by atoms with Crippen molar-refractivity contribution in [3.05, 3.63) is 11.6 Å². The first-order valence-corrected chi connectivity index (χ1v) is 15.2. The molecule has 2 saturated carbocycles. The number of amides is 2. The van der Waals surface area contributed by atoms with Crippen LogP contribution in [0.25, 0.3) is 0 Å². The van der Waals surface area contributed by atoms with Gasteiger partial charge in [0, 0.05) is 30.2 Å². The zero-order valence-corrected chi connectivity index (χ0v) is 23.7. The predicted molar refractivity (Wildman–Crippen MR) is 141 cm³/mol. The molecule has 0 bridgehead atoms. The van der Waals surface area contributed by atoms with E-state index in [-0.39, 0.29) is 71.1 Å². The van der Waals surface area contributed by atoms with Crippen LogP contribution in [0.1, 0.15) is 65.7 Å². The molecule has 2 heterocycles. The molecule has 2 amide bonds. The number of nitrogens with one attached hydrogen (secondary N) is 3. The van der Waals surface area contributed by atoms with E-state index < -0.39 is 6.09 Å². The minimum atomic E-state index is -0.432. The van der Waals surface area contributed by atoms with Gasteiger partial charge in [-0.1, -0.05) is 11.6 Å². The van der Waals surface area contributed by atoms with E-state index in [0.29, 0.717) is 13.0 Å². The Bertz CT molecular complexity index is 850. The second-order valence-electron chi connectivity index (χ2n) is 11.0. The highest BCUT2D eigenvalue weighted by atomic mass is 33.1. The summed E-state index contributed by atoms with van der Waals surface area (Å²) in [6.45, 7) is 7.05. The zero-order chi connectivity index (χ0) is 26.6. The van der Waals surface area contributed by atoms with Gasteiger partial charge in [0.15, 0.2) is 0 Å². The van der Waals surface area contributed by atoms with Gasteiger partial charge >= 0.3 is 6.09 Å². The summed E-state index contributed by atoms with van der Waals surface area (Å²) in [6, 6.07) is 0.0465. The van der Waals surface area contributed by atoms with Crippen molar-refractivity contribution < 1.29 is 32.4 Å². The fraction of sp³-hybridized carbons (Fsp3) is 0.840. The third-order valence-electron chi connectivity index (χ3n) is 8.23. The molecule has 4 fully saturated rings. The molecule has 1 spiro atoms. The van der Waals surface area contributed by atoms with E-state index in [0.717, 1.165) is 49.5 Å². The number of methoxy groups -OCH3 is 1. The molecule has 2 saturated heterocycles. The summed E-state index contributed by atoms with van der Waals surface area (Å²) < 4.78 is 38.8. The van der Waals surface area contributed by atoms with E-state index in [1.54, 1.807) is 7.11 Å². The van der Waals surface area contributed by atoms with Gasteiger partial charge in [0.2, 0.25) is 5.91 Å². The highest BCUT2D eigenvalue weighted by molar-refractivity contribution is 8.74. The second-order valence-corrected chi connectivity index (χ2v) is 12.5. The number of halogens is 1. The lowest BCUT2D eigenvalue weighted by Gasteiger charge is -2.42. The van der Waals surface area contributed by atoms with Gasteiger partial charge in [0.05, 0.1) is 25.2 Å².